The standard InChI is InChI=1S/C18H14O/c1-3-8-14(9-4-1)16-12-7-13-18(17(16)19-18)15-10-5-2-6-11-15/h1-12H,13H2. The third kappa shape index (κ3) is 1.55. The van der Waals surface area contributed by atoms with E-state index < -0.39 is 0 Å². The summed E-state index contributed by atoms with van der Waals surface area (Å²) in [6.45, 7) is 0. The Balaban J connectivity index is 1.81. The van der Waals surface area contributed by atoms with E-state index >= 15 is 0 Å². The van der Waals surface area contributed by atoms with Gasteiger partial charge < -0.3 is 4.74 Å². The van der Waals surface area contributed by atoms with E-state index in [9.17, 15) is 0 Å². The number of hydrogen-bond donors (Lipinski definition) is 0. The Morgan fingerprint density at radius 3 is 2.26 bits per heavy atom. The van der Waals surface area contributed by atoms with Crippen molar-refractivity contribution in [3.05, 3.63) is 89.7 Å². The van der Waals surface area contributed by atoms with Crippen molar-refractivity contribution < 1.29 is 4.74 Å². The molecule has 4 rings (SSSR count). The van der Waals surface area contributed by atoms with Crippen LogP contribution < -0.4 is 0 Å². The summed E-state index contributed by atoms with van der Waals surface area (Å²) in [5.41, 5.74) is 3.51. The molecular weight excluding hydrogens is 232 g/mol. The third-order valence-electron chi connectivity index (χ3n) is 3.86. The van der Waals surface area contributed by atoms with Gasteiger partial charge in [-0.05, 0) is 5.56 Å². The van der Waals surface area contributed by atoms with Crippen molar-refractivity contribution in [1.29, 1.82) is 0 Å². The molecule has 1 heterocycles. The maximum Gasteiger partial charge on any atom is 0.194 e. The minimum atomic E-state index is -0.193. The summed E-state index contributed by atoms with van der Waals surface area (Å²) < 4.78 is 6.04. The van der Waals surface area contributed by atoms with Gasteiger partial charge in [0.2, 0.25) is 0 Å². The van der Waals surface area contributed by atoms with Gasteiger partial charge in [-0.2, -0.15) is 0 Å². The zero-order chi connectivity index (χ0) is 12.7. The topological polar surface area (TPSA) is 12.5 Å². The van der Waals surface area contributed by atoms with Crippen LogP contribution in [-0.4, -0.2) is 0 Å². The lowest BCUT2D eigenvalue weighted by Crippen LogP contribution is -2.08. The van der Waals surface area contributed by atoms with E-state index in [0.29, 0.717) is 0 Å². The Labute approximate surface area is 112 Å². The minimum absolute atomic E-state index is 0.193. The summed E-state index contributed by atoms with van der Waals surface area (Å²) in [5.74, 6) is 1.12. The fourth-order valence-electron chi connectivity index (χ4n) is 2.83. The number of hydrogen-bond acceptors (Lipinski definition) is 1. The van der Waals surface area contributed by atoms with Crippen LogP contribution in [0.3, 0.4) is 0 Å². The fraction of sp³-hybridized carbons (Fsp3) is 0.111. The highest BCUT2D eigenvalue weighted by atomic mass is 16.6. The maximum absolute atomic E-state index is 6.04. The van der Waals surface area contributed by atoms with Crippen LogP contribution in [0.2, 0.25) is 0 Å². The van der Waals surface area contributed by atoms with Gasteiger partial charge in [-0.25, -0.2) is 0 Å². The molecule has 0 amide bonds. The van der Waals surface area contributed by atoms with E-state index in [2.05, 4.69) is 60.7 Å². The van der Waals surface area contributed by atoms with Crippen molar-refractivity contribution in [2.45, 2.75) is 12.0 Å². The van der Waals surface area contributed by atoms with Gasteiger partial charge in [-0.3, -0.25) is 0 Å². The number of benzene rings is 2. The van der Waals surface area contributed by atoms with Crippen LogP contribution in [0.5, 0.6) is 0 Å². The number of epoxide rings is 1. The molecular formula is C18H14O. The number of allylic oxidation sites excluding steroid dienone is 2. The van der Waals surface area contributed by atoms with Crippen molar-refractivity contribution in [2.75, 3.05) is 0 Å². The van der Waals surface area contributed by atoms with Gasteiger partial charge in [-0.1, -0.05) is 72.8 Å². The van der Waals surface area contributed by atoms with Crippen LogP contribution in [-0.2, 0) is 10.3 Å². The van der Waals surface area contributed by atoms with E-state index in [1.807, 2.05) is 12.1 Å². The third-order valence-corrected chi connectivity index (χ3v) is 3.86. The van der Waals surface area contributed by atoms with E-state index in [1.54, 1.807) is 0 Å². The molecule has 1 heteroatoms. The largest absolute Gasteiger partial charge is 0.473 e. The van der Waals surface area contributed by atoms with Gasteiger partial charge >= 0.3 is 0 Å². The smallest absolute Gasteiger partial charge is 0.194 e. The van der Waals surface area contributed by atoms with Gasteiger partial charge in [0.15, 0.2) is 11.4 Å². The summed E-state index contributed by atoms with van der Waals surface area (Å²) in [5, 5.41) is 0. The quantitative estimate of drug-likeness (QED) is 0.720. The van der Waals surface area contributed by atoms with Gasteiger partial charge in [-0.15, -0.1) is 0 Å². The van der Waals surface area contributed by atoms with Gasteiger partial charge in [0.1, 0.15) is 0 Å². The van der Waals surface area contributed by atoms with Crippen LogP contribution in [0, 0.1) is 0 Å². The maximum atomic E-state index is 6.04. The molecule has 0 saturated carbocycles. The molecule has 1 aliphatic heterocycles. The minimum Gasteiger partial charge on any atom is -0.473 e. The lowest BCUT2D eigenvalue weighted by atomic mass is 9.87. The van der Waals surface area contributed by atoms with Crippen molar-refractivity contribution >= 4 is 5.57 Å². The lowest BCUT2D eigenvalue weighted by Gasteiger charge is -2.11. The molecule has 0 N–H and O–H groups in total. The highest BCUT2D eigenvalue weighted by Crippen LogP contribution is 2.58. The number of ether oxygens (including phenoxy) is 1. The summed E-state index contributed by atoms with van der Waals surface area (Å²) in [6, 6.07) is 20.9. The second kappa shape index (κ2) is 3.86. The van der Waals surface area contributed by atoms with Crippen molar-refractivity contribution in [3.63, 3.8) is 0 Å². The predicted molar refractivity (Wildman–Crippen MR) is 76.3 cm³/mol. The van der Waals surface area contributed by atoms with Crippen LogP contribution in [0.15, 0.2) is 78.6 Å². The zero-order valence-corrected chi connectivity index (χ0v) is 10.5. The molecule has 19 heavy (non-hydrogen) atoms. The van der Waals surface area contributed by atoms with E-state index in [-0.39, 0.29) is 5.60 Å². The highest BCUT2D eigenvalue weighted by Gasteiger charge is 2.56. The van der Waals surface area contributed by atoms with Gasteiger partial charge in [0.25, 0.3) is 0 Å². The molecule has 1 fully saturated rings. The van der Waals surface area contributed by atoms with E-state index in [1.165, 1.54) is 16.7 Å². The van der Waals surface area contributed by atoms with Gasteiger partial charge in [0.05, 0.1) is 0 Å². The first kappa shape index (κ1) is 10.6. The molecule has 0 spiro atoms. The zero-order valence-electron chi connectivity index (χ0n) is 10.5. The van der Waals surface area contributed by atoms with Crippen molar-refractivity contribution in [2.24, 2.45) is 0 Å². The second-order valence-electron chi connectivity index (χ2n) is 5.01. The number of rotatable bonds is 2. The molecule has 1 unspecified atom stereocenters. The van der Waals surface area contributed by atoms with E-state index in [4.69, 9.17) is 4.74 Å². The monoisotopic (exact) mass is 246 g/mol. The van der Waals surface area contributed by atoms with Crippen molar-refractivity contribution in [3.8, 4) is 0 Å². The summed E-state index contributed by atoms with van der Waals surface area (Å²) in [6.07, 6.45) is 5.33. The first-order valence-corrected chi connectivity index (χ1v) is 6.61. The molecule has 2 aliphatic rings. The Morgan fingerprint density at radius 1 is 0.842 bits per heavy atom. The second-order valence-corrected chi connectivity index (χ2v) is 5.01. The van der Waals surface area contributed by atoms with Gasteiger partial charge in [0, 0.05) is 17.6 Å². The fourth-order valence-corrected chi connectivity index (χ4v) is 2.83. The molecule has 1 atom stereocenters. The summed E-state index contributed by atoms with van der Waals surface area (Å²) >= 11 is 0. The molecule has 1 aliphatic carbocycles. The molecule has 1 nitrogen and oxygen atoms in total. The first-order chi connectivity index (χ1) is 9.40. The van der Waals surface area contributed by atoms with E-state index in [0.717, 1.165) is 12.2 Å². The SMILES string of the molecule is C1=CC(c2ccccc2)=C2OC2(c2ccccc2)C1. The Hall–Kier alpha value is -2.28. The van der Waals surface area contributed by atoms with Crippen LogP contribution >= 0.6 is 0 Å². The van der Waals surface area contributed by atoms with Crippen LogP contribution in [0.25, 0.3) is 5.57 Å². The molecule has 92 valence electrons. The van der Waals surface area contributed by atoms with Crippen LogP contribution in [0.1, 0.15) is 17.5 Å². The Morgan fingerprint density at radius 2 is 1.53 bits per heavy atom. The van der Waals surface area contributed by atoms with Crippen molar-refractivity contribution in [1.82, 2.24) is 0 Å². The number of fused-ring (bicyclic) bond motifs is 1. The lowest BCUT2D eigenvalue weighted by molar-refractivity contribution is 0.318. The summed E-state index contributed by atoms with van der Waals surface area (Å²) in [7, 11) is 0. The molecule has 0 radical (unpaired) electrons. The normalized spacial score (nSPS) is 23.8. The highest BCUT2D eigenvalue weighted by molar-refractivity contribution is 5.81. The Kier molecular flexibility index (Phi) is 2.16. The summed E-state index contributed by atoms with van der Waals surface area (Å²) in [4.78, 5) is 0. The average Bonchev–Trinajstić information content (AvgIpc) is 3.25. The molecule has 0 aromatic heterocycles. The molecule has 0 bridgehead atoms. The van der Waals surface area contributed by atoms with Crippen LogP contribution in [0.4, 0.5) is 0 Å². The molecule has 2 aromatic carbocycles. The molecule has 1 saturated heterocycles. The predicted octanol–water partition coefficient (Wildman–Crippen LogP) is 4.28. The average molecular weight is 246 g/mol. The molecule has 2 aromatic rings. The Bertz CT molecular complexity index is 667. The first-order valence-electron chi connectivity index (χ1n) is 6.61.